The topological polar surface area (TPSA) is 66.5 Å². The number of aryl methyl sites for hydroxylation is 1. The Morgan fingerprint density at radius 3 is 3.25 bits per heavy atom. The van der Waals surface area contributed by atoms with Gasteiger partial charge in [-0.3, -0.25) is 0 Å². The SMILES string of the molecule is CNC1CCCc2sc(-c3cn[nH]n3)nc21. The van der Waals surface area contributed by atoms with E-state index in [1.807, 2.05) is 7.05 Å². The van der Waals surface area contributed by atoms with Crippen LogP contribution in [0.2, 0.25) is 0 Å². The highest BCUT2D eigenvalue weighted by molar-refractivity contribution is 7.15. The van der Waals surface area contributed by atoms with Gasteiger partial charge < -0.3 is 5.32 Å². The first-order chi connectivity index (χ1) is 7.88. The third kappa shape index (κ3) is 1.54. The molecule has 5 nitrogen and oxygen atoms in total. The summed E-state index contributed by atoms with van der Waals surface area (Å²) in [5, 5.41) is 14.8. The van der Waals surface area contributed by atoms with Crippen LogP contribution in [-0.2, 0) is 6.42 Å². The number of nitrogens with one attached hydrogen (secondary N) is 2. The number of H-pyrrole nitrogens is 1. The predicted molar refractivity (Wildman–Crippen MR) is 62.2 cm³/mol. The maximum Gasteiger partial charge on any atom is 0.146 e. The van der Waals surface area contributed by atoms with E-state index in [4.69, 9.17) is 0 Å². The van der Waals surface area contributed by atoms with Crippen molar-refractivity contribution in [2.75, 3.05) is 7.05 Å². The Hall–Kier alpha value is -1.27. The van der Waals surface area contributed by atoms with Crippen molar-refractivity contribution in [1.82, 2.24) is 25.7 Å². The minimum atomic E-state index is 0.403. The average molecular weight is 235 g/mol. The molecule has 1 atom stereocenters. The standard InChI is InChI=1S/C10H13N5S/c1-11-6-3-2-4-8-9(6)13-10(16-8)7-5-12-15-14-7/h5-6,11H,2-4H2,1H3,(H,12,14,15). The van der Waals surface area contributed by atoms with E-state index < -0.39 is 0 Å². The molecule has 1 aliphatic rings. The molecular formula is C10H13N5S. The van der Waals surface area contributed by atoms with Crippen LogP contribution in [0.3, 0.4) is 0 Å². The first kappa shape index (κ1) is 9.92. The Labute approximate surface area is 97.3 Å². The highest BCUT2D eigenvalue weighted by Gasteiger charge is 2.24. The summed E-state index contributed by atoms with van der Waals surface area (Å²) in [4.78, 5) is 6.07. The van der Waals surface area contributed by atoms with Crippen molar-refractivity contribution in [2.45, 2.75) is 25.3 Å². The fraction of sp³-hybridized carbons (Fsp3) is 0.500. The second kappa shape index (κ2) is 3.95. The van der Waals surface area contributed by atoms with Crippen LogP contribution in [0.1, 0.15) is 29.5 Å². The third-order valence-corrected chi connectivity index (χ3v) is 4.09. The molecule has 0 radical (unpaired) electrons. The molecule has 0 saturated carbocycles. The van der Waals surface area contributed by atoms with Crippen molar-refractivity contribution in [3.63, 3.8) is 0 Å². The monoisotopic (exact) mass is 235 g/mol. The molecule has 0 spiro atoms. The molecule has 6 heteroatoms. The zero-order valence-electron chi connectivity index (χ0n) is 9.03. The van der Waals surface area contributed by atoms with Gasteiger partial charge in [0.25, 0.3) is 0 Å². The summed E-state index contributed by atoms with van der Waals surface area (Å²) in [5.41, 5.74) is 2.05. The number of rotatable bonds is 2. The summed E-state index contributed by atoms with van der Waals surface area (Å²) in [7, 11) is 1.99. The molecule has 0 aliphatic heterocycles. The van der Waals surface area contributed by atoms with Gasteiger partial charge in [0.1, 0.15) is 10.7 Å². The zero-order chi connectivity index (χ0) is 11.0. The van der Waals surface area contributed by atoms with E-state index in [-0.39, 0.29) is 0 Å². The fourth-order valence-corrected chi connectivity index (χ4v) is 3.23. The van der Waals surface area contributed by atoms with Crippen LogP contribution in [-0.4, -0.2) is 27.4 Å². The number of fused-ring (bicyclic) bond motifs is 1. The van der Waals surface area contributed by atoms with E-state index in [1.165, 1.54) is 23.4 Å². The minimum Gasteiger partial charge on any atom is -0.312 e. The lowest BCUT2D eigenvalue weighted by Gasteiger charge is -2.19. The van der Waals surface area contributed by atoms with Crippen molar-refractivity contribution < 1.29 is 0 Å². The van der Waals surface area contributed by atoms with Gasteiger partial charge in [0.15, 0.2) is 0 Å². The van der Waals surface area contributed by atoms with Crippen molar-refractivity contribution in [1.29, 1.82) is 0 Å². The normalized spacial score (nSPS) is 19.7. The van der Waals surface area contributed by atoms with Crippen molar-refractivity contribution in [2.24, 2.45) is 0 Å². The Kier molecular flexibility index (Phi) is 2.45. The summed E-state index contributed by atoms with van der Waals surface area (Å²) in [6.45, 7) is 0. The van der Waals surface area contributed by atoms with Gasteiger partial charge in [0.05, 0.1) is 17.9 Å². The van der Waals surface area contributed by atoms with Crippen LogP contribution in [0.15, 0.2) is 6.20 Å². The average Bonchev–Trinajstić information content (AvgIpc) is 2.96. The highest BCUT2D eigenvalue weighted by atomic mass is 32.1. The van der Waals surface area contributed by atoms with Crippen LogP contribution >= 0.6 is 11.3 Å². The maximum absolute atomic E-state index is 4.68. The van der Waals surface area contributed by atoms with Crippen molar-refractivity contribution in [3.05, 3.63) is 16.8 Å². The molecule has 2 aromatic rings. The second-order valence-electron chi connectivity index (χ2n) is 3.92. The fourth-order valence-electron chi connectivity index (χ4n) is 2.11. The van der Waals surface area contributed by atoms with Gasteiger partial charge in [-0.25, -0.2) is 4.98 Å². The van der Waals surface area contributed by atoms with E-state index in [9.17, 15) is 0 Å². The molecule has 0 bridgehead atoms. The third-order valence-electron chi connectivity index (χ3n) is 2.94. The van der Waals surface area contributed by atoms with Gasteiger partial charge >= 0.3 is 0 Å². The second-order valence-corrected chi connectivity index (χ2v) is 5.00. The molecule has 0 aromatic carbocycles. The maximum atomic E-state index is 4.68. The van der Waals surface area contributed by atoms with Crippen molar-refractivity contribution in [3.8, 4) is 10.7 Å². The summed E-state index contributed by atoms with van der Waals surface area (Å²) in [6, 6.07) is 0.403. The Morgan fingerprint density at radius 1 is 1.56 bits per heavy atom. The molecule has 1 aliphatic carbocycles. The molecule has 2 N–H and O–H groups in total. The molecule has 3 rings (SSSR count). The summed E-state index contributed by atoms with van der Waals surface area (Å²) in [5.74, 6) is 0. The molecule has 0 saturated heterocycles. The first-order valence-electron chi connectivity index (χ1n) is 5.41. The number of thiazole rings is 1. The van der Waals surface area contributed by atoms with Gasteiger partial charge in [-0.05, 0) is 26.3 Å². The molecule has 0 fully saturated rings. The lowest BCUT2D eigenvalue weighted by Crippen LogP contribution is -2.21. The van der Waals surface area contributed by atoms with Gasteiger partial charge in [-0.1, -0.05) is 0 Å². The number of aromatic nitrogens is 4. The number of hydrogen-bond acceptors (Lipinski definition) is 5. The van der Waals surface area contributed by atoms with Gasteiger partial charge in [-0.15, -0.1) is 11.3 Å². The van der Waals surface area contributed by atoms with Crippen LogP contribution in [0.5, 0.6) is 0 Å². The molecular weight excluding hydrogens is 222 g/mol. The quantitative estimate of drug-likeness (QED) is 0.828. The number of nitrogens with zero attached hydrogens (tertiary/aromatic N) is 3. The lowest BCUT2D eigenvalue weighted by molar-refractivity contribution is 0.490. The van der Waals surface area contributed by atoms with E-state index >= 15 is 0 Å². The van der Waals surface area contributed by atoms with E-state index in [1.54, 1.807) is 17.5 Å². The molecule has 16 heavy (non-hydrogen) atoms. The Morgan fingerprint density at radius 2 is 2.50 bits per heavy atom. The van der Waals surface area contributed by atoms with Crippen molar-refractivity contribution >= 4 is 11.3 Å². The first-order valence-corrected chi connectivity index (χ1v) is 6.23. The summed E-state index contributed by atoms with van der Waals surface area (Å²) < 4.78 is 0. The van der Waals surface area contributed by atoms with E-state index in [0.717, 1.165) is 17.1 Å². The molecule has 2 heterocycles. The number of aromatic amines is 1. The van der Waals surface area contributed by atoms with Gasteiger partial charge in [0.2, 0.25) is 0 Å². The zero-order valence-corrected chi connectivity index (χ0v) is 9.84. The summed E-state index contributed by atoms with van der Waals surface area (Å²) >= 11 is 1.74. The largest absolute Gasteiger partial charge is 0.312 e. The Balaban J connectivity index is 2.02. The van der Waals surface area contributed by atoms with Crippen LogP contribution < -0.4 is 5.32 Å². The highest BCUT2D eigenvalue weighted by Crippen LogP contribution is 2.35. The van der Waals surface area contributed by atoms with Crippen LogP contribution in [0.25, 0.3) is 10.7 Å². The van der Waals surface area contributed by atoms with Gasteiger partial charge in [0, 0.05) is 4.88 Å². The molecule has 84 valence electrons. The van der Waals surface area contributed by atoms with E-state index in [2.05, 4.69) is 25.7 Å². The summed E-state index contributed by atoms with van der Waals surface area (Å²) in [6.07, 6.45) is 5.27. The molecule has 1 unspecified atom stereocenters. The van der Waals surface area contributed by atoms with Crippen LogP contribution in [0, 0.1) is 0 Å². The van der Waals surface area contributed by atoms with E-state index in [0.29, 0.717) is 6.04 Å². The molecule has 2 aromatic heterocycles. The predicted octanol–water partition coefficient (Wildman–Crippen LogP) is 1.52. The minimum absolute atomic E-state index is 0.403. The number of hydrogen-bond donors (Lipinski definition) is 2. The lowest BCUT2D eigenvalue weighted by atomic mass is 9.98. The Bertz CT molecular complexity index is 475. The van der Waals surface area contributed by atoms with Crippen LogP contribution in [0.4, 0.5) is 0 Å². The van der Waals surface area contributed by atoms with Gasteiger partial charge in [-0.2, -0.15) is 15.4 Å². The molecule has 0 amide bonds. The smallest absolute Gasteiger partial charge is 0.146 e.